The molecule has 0 atom stereocenters. The molecule has 2 aromatic carbocycles. The first kappa shape index (κ1) is 19.2. The molecule has 0 saturated carbocycles. The van der Waals surface area contributed by atoms with E-state index in [4.69, 9.17) is 9.84 Å². The van der Waals surface area contributed by atoms with E-state index in [0.29, 0.717) is 17.0 Å². The number of benzene rings is 2. The van der Waals surface area contributed by atoms with Gasteiger partial charge in [0.2, 0.25) is 0 Å². The maximum absolute atomic E-state index is 13.2. The minimum atomic E-state index is -0.160. The van der Waals surface area contributed by atoms with Gasteiger partial charge in [-0.3, -0.25) is 10.2 Å². The van der Waals surface area contributed by atoms with Crippen LogP contribution in [-0.2, 0) is 0 Å². The van der Waals surface area contributed by atoms with Gasteiger partial charge >= 0.3 is 0 Å². The van der Waals surface area contributed by atoms with Crippen LogP contribution in [0.1, 0.15) is 10.4 Å². The summed E-state index contributed by atoms with van der Waals surface area (Å²) < 4.78 is 7.26. The molecular formula is C22H26N5O2+. The van der Waals surface area contributed by atoms with Crippen LogP contribution in [0.25, 0.3) is 16.9 Å². The van der Waals surface area contributed by atoms with Crippen LogP contribution in [0.5, 0.6) is 5.75 Å². The number of methoxy groups -OCH3 is 1. The fraction of sp³-hybridized carbons (Fsp3) is 0.273. The van der Waals surface area contributed by atoms with Crippen molar-refractivity contribution in [1.82, 2.24) is 20.2 Å². The molecule has 1 aliphatic rings. The van der Waals surface area contributed by atoms with Crippen molar-refractivity contribution < 1.29 is 14.4 Å². The molecule has 1 fully saturated rings. The van der Waals surface area contributed by atoms with Gasteiger partial charge in [0, 0.05) is 11.8 Å². The van der Waals surface area contributed by atoms with Crippen LogP contribution in [0.3, 0.4) is 0 Å². The molecule has 4 rings (SSSR count). The summed E-state index contributed by atoms with van der Waals surface area (Å²) in [6.07, 6.45) is 1.79. The lowest BCUT2D eigenvalue weighted by molar-refractivity contribution is -0.884. The number of nitrogens with one attached hydrogen (secondary N) is 2. The van der Waals surface area contributed by atoms with Gasteiger partial charge in [-0.15, -0.1) is 0 Å². The van der Waals surface area contributed by atoms with E-state index in [-0.39, 0.29) is 5.91 Å². The van der Waals surface area contributed by atoms with Gasteiger partial charge in [0.15, 0.2) is 0 Å². The molecule has 1 saturated heterocycles. The third-order valence-corrected chi connectivity index (χ3v) is 5.22. The molecule has 7 nitrogen and oxygen atoms in total. The van der Waals surface area contributed by atoms with Gasteiger partial charge in [0.1, 0.15) is 11.4 Å². The number of para-hydroxylation sites is 2. The normalized spacial score (nSPS) is 15.2. The fourth-order valence-electron chi connectivity index (χ4n) is 3.50. The fourth-order valence-corrected chi connectivity index (χ4v) is 3.50. The zero-order valence-corrected chi connectivity index (χ0v) is 16.8. The van der Waals surface area contributed by atoms with Crippen molar-refractivity contribution in [2.75, 3.05) is 40.3 Å². The lowest BCUT2D eigenvalue weighted by atomic mass is 10.1. The second-order valence-corrected chi connectivity index (χ2v) is 7.26. The standard InChI is InChI=1S/C22H25N5O2/c1-25-12-14-26(15-13-25)24-22(28)19-16-27(17-8-4-3-5-9-17)23-21(19)18-10-6-7-11-20(18)29-2/h3-11,16H,12-15H2,1-2H3,(H,24,28)/p+1. The Morgan fingerprint density at radius 3 is 2.48 bits per heavy atom. The Hall–Kier alpha value is -3.16. The van der Waals surface area contributed by atoms with Crippen LogP contribution < -0.4 is 15.1 Å². The number of hydrazine groups is 1. The van der Waals surface area contributed by atoms with Crippen molar-refractivity contribution in [2.45, 2.75) is 0 Å². The van der Waals surface area contributed by atoms with Gasteiger partial charge in [0.25, 0.3) is 5.91 Å². The minimum Gasteiger partial charge on any atom is -0.496 e. The SMILES string of the molecule is COc1ccccc1-c1nn(-c2ccccc2)cc1C(=O)NN1CC[NH+](C)CC1. The zero-order valence-electron chi connectivity index (χ0n) is 16.8. The van der Waals surface area contributed by atoms with E-state index in [0.717, 1.165) is 37.4 Å². The highest BCUT2D eigenvalue weighted by Crippen LogP contribution is 2.31. The number of quaternary nitrogens is 1. The number of rotatable bonds is 5. The van der Waals surface area contributed by atoms with Crippen molar-refractivity contribution in [3.05, 3.63) is 66.4 Å². The average Bonchev–Trinajstić information content (AvgIpc) is 3.21. The molecule has 0 bridgehead atoms. The highest BCUT2D eigenvalue weighted by molar-refractivity contribution is 6.00. The summed E-state index contributed by atoms with van der Waals surface area (Å²) in [4.78, 5) is 14.7. The van der Waals surface area contributed by atoms with Gasteiger partial charge in [0.05, 0.1) is 51.6 Å². The number of carbonyl (C=O) groups is 1. The number of piperazine rings is 1. The number of hydrogen-bond donors (Lipinski definition) is 2. The summed E-state index contributed by atoms with van der Waals surface area (Å²) in [5.74, 6) is 0.524. The quantitative estimate of drug-likeness (QED) is 0.681. The maximum atomic E-state index is 13.2. The number of hydrogen-bond acceptors (Lipinski definition) is 4. The first-order valence-corrected chi connectivity index (χ1v) is 9.81. The van der Waals surface area contributed by atoms with E-state index in [2.05, 4.69) is 12.5 Å². The van der Waals surface area contributed by atoms with Crippen LogP contribution in [0, 0.1) is 0 Å². The molecular weight excluding hydrogens is 366 g/mol. The van der Waals surface area contributed by atoms with E-state index in [1.54, 1.807) is 18.0 Å². The molecule has 0 radical (unpaired) electrons. The summed E-state index contributed by atoms with van der Waals surface area (Å²) in [6.45, 7) is 3.66. The van der Waals surface area contributed by atoms with Gasteiger partial charge in [-0.1, -0.05) is 30.3 Å². The van der Waals surface area contributed by atoms with Gasteiger partial charge in [-0.25, -0.2) is 9.69 Å². The molecule has 29 heavy (non-hydrogen) atoms. The molecule has 0 spiro atoms. The van der Waals surface area contributed by atoms with Crippen LogP contribution in [0.4, 0.5) is 0 Å². The van der Waals surface area contributed by atoms with Crippen molar-refractivity contribution in [1.29, 1.82) is 0 Å². The molecule has 7 heteroatoms. The largest absolute Gasteiger partial charge is 0.496 e. The summed E-state index contributed by atoms with van der Waals surface area (Å²) in [5, 5.41) is 6.73. The monoisotopic (exact) mass is 392 g/mol. The molecule has 2 N–H and O–H groups in total. The number of likely N-dealkylation sites (N-methyl/N-ethyl adjacent to an activating group) is 1. The predicted molar refractivity (Wildman–Crippen MR) is 111 cm³/mol. The second kappa shape index (κ2) is 8.46. The van der Waals surface area contributed by atoms with Crippen molar-refractivity contribution in [2.24, 2.45) is 0 Å². The van der Waals surface area contributed by atoms with Crippen molar-refractivity contribution in [3.63, 3.8) is 0 Å². The average molecular weight is 392 g/mol. The molecule has 150 valence electrons. The van der Waals surface area contributed by atoms with E-state index in [9.17, 15) is 4.79 Å². The topological polar surface area (TPSA) is 63.8 Å². The lowest BCUT2D eigenvalue weighted by Gasteiger charge is -2.30. The predicted octanol–water partition coefficient (Wildman–Crippen LogP) is 1.02. The lowest BCUT2D eigenvalue weighted by Crippen LogP contribution is -3.12. The number of aromatic nitrogens is 2. The van der Waals surface area contributed by atoms with E-state index in [1.165, 1.54) is 4.90 Å². The van der Waals surface area contributed by atoms with Crippen LogP contribution in [0.2, 0.25) is 0 Å². The Morgan fingerprint density at radius 1 is 1.07 bits per heavy atom. The highest BCUT2D eigenvalue weighted by atomic mass is 16.5. The molecule has 0 aliphatic carbocycles. The van der Waals surface area contributed by atoms with Crippen LogP contribution in [-0.4, -0.2) is 61.0 Å². The number of amides is 1. The Balaban J connectivity index is 1.71. The van der Waals surface area contributed by atoms with Gasteiger partial charge in [-0.05, 0) is 24.3 Å². The summed E-state index contributed by atoms with van der Waals surface area (Å²) in [6, 6.07) is 17.4. The van der Waals surface area contributed by atoms with Gasteiger partial charge < -0.3 is 9.64 Å². The molecule has 3 aromatic rings. The Bertz CT molecular complexity index is 978. The minimum absolute atomic E-state index is 0.160. The van der Waals surface area contributed by atoms with E-state index in [1.807, 2.05) is 59.6 Å². The Morgan fingerprint density at radius 2 is 1.76 bits per heavy atom. The van der Waals surface area contributed by atoms with Crippen LogP contribution in [0.15, 0.2) is 60.8 Å². The number of carbonyl (C=O) groups excluding carboxylic acids is 1. The van der Waals surface area contributed by atoms with E-state index >= 15 is 0 Å². The first-order valence-electron chi connectivity index (χ1n) is 9.81. The van der Waals surface area contributed by atoms with Crippen molar-refractivity contribution in [3.8, 4) is 22.7 Å². The summed E-state index contributed by atoms with van der Waals surface area (Å²) in [7, 11) is 3.79. The van der Waals surface area contributed by atoms with Crippen LogP contribution >= 0.6 is 0 Å². The zero-order chi connectivity index (χ0) is 20.2. The Labute approximate surface area is 170 Å². The summed E-state index contributed by atoms with van der Waals surface area (Å²) in [5.41, 5.74) is 5.86. The van der Waals surface area contributed by atoms with Crippen molar-refractivity contribution >= 4 is 5.91 Å². The molecule has 1 aliphatic heterocycles. The highest BCUT2D eigenvalue weighted by Gasteiger charge is 2.24. The smallest absolute Gasteiger partial charge is 0.269 e. The third kappa shape index (κ3) is 4.16. The molecule has 0 unspecified atom stereocenters. The molecule has 2 heterocycles. The molecule has 1 aromatic heterocycles. The molecule has 1 amide bonds. The van der Waals surface area contributed by atoms with Gasteiger partial charge in [-0.2, -0.15) is 5.10 Å². The maximum Gasteiger partial charge on any atom is 0.269 e. The van der Waals surface area contributed by atoms with E-state index < -0.39 is 0 Å². The number of nitrogens with zero attached hydrogens (tertiary/aromatic N) is 3. The third-order valence-electron chi connectivity index (χ3n) is 5.22. The number of ether oxygens (including phenoxy) is 1. The Kier molecular flexibility index (Phi) is 5.59. The summed E-state index contributed by atoms with van der Waals surface area (Å²) >= 11 is 0. The first-order chi connectivity index (χ1) is 14.2. The second-order valence-electron chi connectivity index (χ2n) is 7.26.